The predicted molar refractivity (Wildman–Crippen MR) is 132 cm³/mol. The van der Waals surface area contributed by atoms with Gasteiger partial charge in [-0.3, -0.25) is 0 Å². The van der Waals surface area contributed by atoms with Gasteiger partial charge in [0.15, 0.2) is 0 Å². The quantitative estimate of drug-likeness (QED) is 0.426. The molecule has 7 nitrogen and oxygen atoms in total. The molecule has 1 fully saturated rings. The van der Waals surface area contributed by atoms with Gasteiger partial charge in [0.2, 0.25) is 0 Å². The molecule has 0 spiro atoms. The smallest absolute Gasteiger partial charge is 0.465 e. The van der Waals surface area contributed by atoms with Gasteiger partial charge >= 0.3 is 13.1 Å². The van der Waals surface area contributed by atoms with Crippen molar-refractivity contribution in [3.8, 4) is 0 Å². The lowest BCUT2D eigenvalue weighted by Crippen LogP contribution is -2.41. The molecule has 4 rings (SSSR count). The van der Waals surface area contributed by atoms with E-state index in [0.717, 1.165) is 27.9 Å². The highest BCUT2D eigenvalue weighted by atomic mass is 16.7. The molecule has 1 saturated heterocycles. The highest BCUT2D eigenvalue weighted by Gasteiger charge is 2.51. The van der Waals surface area contributed by atoms with E-state index in [4.69, 9.17) is 19.0 Å². The Hall–Kier alpha value is -2.68. The number of nitrogens with zero attached hydrogens (tertiary/aromatic N) is 2. The van der Waals surface area contributed by atoms with Gasteiger partial charge in [-0.2, -0.15) is 0 Å². The number of carbonyl (C=O) groups excluding carboxylic acids is 1. The van der Waals surface area contributed by atoms with Gasteiger partial charge in [-0.05, 0) is 63.3 Å². The van der Waals surface area contributed by atoms with Gasteiger partial charge in [-0.1, -0.05) is 31.2 Å². The zero-order valence-corrected chi connectivity index (χ0v) is 20.8. The molecular formula is C26H33BN2O5. The van der Waals surface area contributed by atoms with Crippen molar-refractivity contribution >= 4 is 29.6 Å². The highest BCUT2D eigenvalue weighted by Crippen LogP contribution is 2.36. The van der Waals surface area contributed by atoms with Crippen LogP contribution in [0.1, 0.15) is 62.8 Å². The molecule has 3 aromatic rings. The molecule has 0 saturated carbocycles. The fourth-order valence-electron chi connectivity index (χ4n) is 4.05. The molecule has 0 aliphatic carbocycles. The number of aliphatic hydroxyl groups excluding tert-OH is 1. The van der Waals surface area contributed by atoms with E-state index in [9.17, 15) is 9.90 Å². The van der Waals surface area contributed by atoms with Crippen molar-refractivity contribution < 1.29 is 23.9 Å². The molecule has 0 bridgehead atoms. The topological polar surface area (TPSA) is 82.8 Å². The van der Waals surface area contributed by atoms with E-state index in [-0.39, 0.29) is 11.2 Å². The molecule has 2 heterocycles. The Labute approximate surface area is 201 Å². The Morgan fingerprint density at radius 3 is 2.35 bits per heavy atom. The van der Waals surface area contributed by atoms with Crippen LogP contribution in [0.25, 0.3) is 11.0 Å². The summed E-state index contributed by atoms with van der Waals surface area (Å²) in [6.45, 7) is 10.5. The Morgan fingerprint density at radius 2 is 1.76 bits per heavy atom. The van der Waals surface area contributed by atoms with Crippen molar-refractivity contribution in [3.63, 3.8) is 0 Å². The number of imidazole rings is 1. The molecule has 0 unspecified atom stereocenters. The van der Waals surface area contributed by atoms with Crippen LogP contribution in [-0.2, 0) is 27.0 Å². The van der Waals surface area contributed by atoms with Crippen molar-refractivity contribution in [2.75, 3.05) is 7.11 Å². The Kier molecular flexibility index (Phi) is 6.59. The van der Waals surface area contributed by atoms with Gasteiger partial charge in [0.1, 0.15) is 5.82 Å². The average molecular weight is 464 g/mol. The van der Waals surface area contributed by atoms with Crippen LogP contribution in [-0.4, -0.2) is 52.2 Å². The van der Waals surface area contributed by atoms with Crippen LogP contribution in [0.3, 0.4) is 0 Å². The van der Waals surface area contributed by atoms with Crippen LogP contribution in [0.4, 0.5) is 0 Å². The largest absolute Gasteiger partial charge is 0.494 e. The van der Waals surface area contributed by atoms with Crippen molar-refractivity contribution in [2.45, 2.75) is 71.3 Å². The van der Waals surface area contributed by atoms with E-state index in [0.29, 0.717) is 24.9 Å². The van der Waals surface area contributed by atoms with E-state index >= 15 is 0 Å². The van der Waals surface area contributed by atoms with Crippen molar-refractivity contribution in [2.24, 2.45) is 0 Å². The number of benzene rings is 2. The molecule has 1 aliphatic rings. The summed E-state index contributed by atoms with van der Waals surface area (Å²) in [5.74, 6) is 0.429. The Morgan fingerprint density at radius 1 is 1.12 bits per heavy atom. The molecule has 34 heavy (non-hydrogen) atoms. The highest BCUT2D eigenvalue weighted by molar-refractivity contribution is 6.62. The minimum absolute atomic E-state index is 0.385. The summed E-state index contributed by atoms with van der Waals surface area (Å²) in [6.07, 6.45) is 0.699. The van der Waals surface area contributed by atoms with Crippen molar-refractivity contribution in [1.82, 2.24) is 9.55 Å². The fourth-order valence-corrected chi connectivity index (χ4v) is 4.05. The molecule has 1 atom stereocenters. The zero-order chi connectivity index (χ0) is 24.7. The summed E-state index contributed by atoms with van der Waals surface area (Å²) in [7, 11) is 0.962. The molecule has 1 aliphatic heterocycles. The number of ether oxygens (including phenoxy) is 1. The number of methoxy groups -OCH3 is 1. The van der Waals surface area contributed by atoms with Crippen LogP contribution in [0.5, 0.6) is 0 Å². The number of carbonyl (C=O) groups is 1. The SMILES string of the molecule is CC[C@H](O)Cn1c(Cc2ccc(B3OC(C)(C)C(C)(C)O3)cc2)nc2ccc(C(=O)OC)cc21. The van der Waals surface area contributed by atoms with E-state index in [1.807, 2.05) is 57.4 Å². The third-order valence-corrected chi connectivity index (χ3v) is 6.98. The minimum atomic E-state index is -0.510. The van der Waals surface area contributed by atoms with Crippen LogP contribution >= 0.6 is 0 Å². The standard InChI is InChI=1S/C26H33BN2O5/c1-7-20(30)16-29-22-15-18(24(31)32-6)10-13-21(22)28-23(29)14-17-8-11-19(12-9-17)27-33-25(2,3)26(4,5)34-27/h8-13,15,20,30H,7,14,16H2,1-6H3/t20-/m0/s1. The first-order chi connectivity index (χ1) is 16.0. The maximum Gasteiger partial charge on any atom is 0.494 e. The molecule has 180 valence electrons. The molecule has 8 heteroatoms. The van der Waals surface area contributed by atoms with E-state index in [1.165, 1.54) is 7.11 Å². The average Bonchev–Trinajstić information content (AvgIpc) is 3.25. The fraction of sp³-hybridized carbons (Fsp3) is 0.462. The summed E-state index contributed by atoms with van der Waals surface area (Å²) in [5, 5.41) is 10.4. The lowest BCUT2D eigenvalue weighted by Gasteiger charge is -2.32. The monoisotopic (exact) mass is 464 g/mol. The number of aromatic nitrogens is 2. The molecular weight excluding hydrogens is 431 g/mol. The Balaban J connectivity index is 1.62. The second-order valence-corrected chi connectivity index (χ2v) is 9.90. The van der Waals surface area contributed by atoms with Crippen molar-refractivity contribution in [3.05, 3.63) is 59.4 Å². The number of fused-ring (bicyclic) bond motifs is 1. The summed E-state index contributed by atoms with van der Waals surface area (Å²) < 4.78 is 19.2. The second-order valence-electron chi connectivity index (χ2n) is 9.90. The lowest BCUT2D eigenvalue weighted by atomic mass is 9.79. The van der Waals surface area contributed by atoms with Crippen LogP contribution in [0.2, 0.25) is 0 Å². The number of hydrogen-bond donors (Lipinski definition) is 1. The summed E-state index contributed by atoms with van der Waals surface area (Å²) in [5.41, 5.74) is 3.32. The lowest BCUT2D eigenvalue weighted by molar-refractivity contribution is 0.00578. The molecule has 0 radical (unpaired) electrons. The van der Waals surface area contributed by atoms with Crippen molar-refractivity contribution in [1.29, 1.82) is 0 Å². The first kappa shape index (κ1) is 24.4. The Bertz CT molecular complexity index is 1170. The van der Waals surface area contributed by atoms with Gasteiger partial charge in [-0.15, -0.1) is 0 Å². The van der Waals surface area contributed by atoms with Crippen LogP contribution < -0.4 is 5.46 Å². The van der Waals surface area contributed by atoms with Crippen LogP contribution in [0.15, 0.2) is 42.5 Å². The van der Waals surface area contributed by atoms with Crippen LogP contribution in [0, 0.1) is 0 Å². The first-order valence-corrected chi connectivity index (χ1v) is 11.7. The van der Waals surface area contributed by atoms with E-state index in [1.54, 1.807) is 12.1 Å². The number of rotatable bonds is 7. The number of aliphatic hydroxyl groups is 1. The van der Waals surface area contributed by atoms with E-state index in [2.05, 4.69) is 12.1 Å². The third-order valence-electron chi connectivity index (χ3n) is 6.98. The predicted octanol–water partition coefficient (Wildman–Crippen LogP) is 3.48. The van der Waals surface area contributed by atoms with E-state index < -0.39 is 19.2 Å². The maximum atomic E-state index is 12.0. The molecule has 2 aromatic carbocycles. The molecule has 0 amide bonds. The second kappa shape index (κ2) is 9.17. The normalized spacial score (nSPS) is 17.8. The van der Waals surface area contributed by atoms with Gasteiger partial charge < -0.3 is 23.7 Å². The van der Waals surface area contributed by atoms with Gasteiger partial charge in [0.05, 0.1) is 47.6 Å². The number of esters is 1. The minimum Gasteiger partial charge on any atom is -0.465 e. The molecule has 1 N–H and O–H groups in total. The van der Waals surface area contributed by atoms with Gasteiger partial charge in [-0.25, -0.2) is 9.78 Å². The summed E-state index contributed by atoms with van der Waals surface area (Å²) >= 11 is 0. The zero-order valence-electron chi connectivity index (χ0n) is 20.8. The summed E-state index contributed by atoms with van der Waals surface area (Å²) in [4.78, 5) is 16.9. The maximum absolute atomic E-state index is 12.0. The number of hydrogen-bond acceptors (Lipinski definition) is 6. The third kappa shape index (κ3) is 4.62. The molecule has 1 aromatic heterocycles. The first-order valence-electron chi connectivity index (χ1n) is 11.7. The van der Waals surface area contributed by atoms with Gasteiger partial charge in [0, 0.05) is 6.42 Å². The van der Waals surface area contributed by atoms with Gasteiger partial charge in [0.25, 0.3) is 0 Å². The summed E-state index contributed by atoms with van der Waals surface area (Å²) in [6, 6.07) is 13.5.